The Kier molecular flexibility index (Phi) is 2.42. The van der Waals surface area contributed by atoms with Crippen molar-refractivity contribution < 1.29 is 18.3 Å². The number of carbonyl (C=O) groups is 1. The van der Waals surface area contributed by atoms with E-state index in [4.69, 9.17) is 4.74 Å². The van der Waals surface area contributed by atoms with Gasteiger partial charge in [-0.15, -0.1) is 0 Å². The molecule has 4 heteroatoms. The fraction of sp³-hybridized carbons (Fsp3) is 0.364. The molecule has 2 rings (SSSR count). The first-order valence-electron chi connectivity index (χ1n) is 4.69. The molecule has 0 bridgehead atoms. The lowest BCUT2D eigenvalue weighted by atomic mass is 9.94. The van der Waals surface area contributed by atoms with Gasteiger partial charge in [-0.2, -0.15) is 0 Å². The maximum atomic E-state index is 13.2. The predicted octanol–water partition coefficient (Wildman–Crippen LogP) is 2.10. The number of ketones is 1. The topological polar surface area (TPSA) is 26.3 Å². The molecule has 1 aliphatic heterocycles. The zero-order valence-electron chi connectivity index (χ0n) is 8.22. The molecule has 15 heavy (non-hydrogen) atoms. The minimum Gasteiger partial charge on any atom is -0.489 e. The molecule has 1 aromatic carbocycles. The van der Waals surface area contributed by atoms with Crippen LogP contribution in [-0.4, -0.2) is 12.4 Å². The van der Waals surface area contributed by atoms with Gasteiger partial charge in [0.2, 0.25) is 0 Å². The summed E-state index contributed by atoms with van der Waals surface area (Å²) in [6, 6.07) is 2.00. The molecule has 1 aliphatic rings. The molecule has 0 fully saturated rings. The van der Waals surface area contributed by atoms with Crippen molar-refractivity contribution >= 4 is 5.78 Å². The van der Waals surface area contributed by atoms with E-state index in [0.29, 0.717) is 12.0 Å². The average molecular weight is 212 g/mol. The summed E-state index contributed by atoms with van der Waals surface area (Å²) in [7, 11) is 0. The van der Waals surface area contributed by atoms with Gasteiger partial charge in [-0.3, -0.25) is 4.79 Å². The van der Waals surface area contributed by atoms with E-state index in [1.807, 2.05) is 0 Å². The van der Waals surface area contributed by atoms with Gasteiger partial charge in [0.15, 0.2) is 11.6 Å². The van der Waals surface area contributed by atoms with E-state index in [9.17, 15) is 13.6 Å². The number of hydrogen-bond acceptors (Lipinski definition) is 2. The van der Waals surface area contributed by atoms with Gasteiger partial charge in [0.1, 0.15) is 11.6 Å². The quantitative estimate of drug-likeness (QED) is 0.712. The van der Waals surface area contributed by atoms with E-state index in [1.54, 1.807) is 0 Å². The SMILES string of the molecule is CC(=O)C1COc2c(F)cc(F)cc2C1. The summed E-state index contributed by atoms with van der Waals surface area (Å²) in [5.74, 6) is -1.58. The number of benzene rings is 1. The second-order valence-corrected chi connectivity index (χ2v) is 3.70. The Bertz CT molecular complexity index is 415. The molecular weight excluding hydrogens is 202 g/mol. The van der Waals surface area contributed by atoms with Crippen LogP contribution in [0.25, 0.3) is 0 Å². The van der Waals surface area contributed by atoms with Gasteiger partial charge in [-0.1, -0.05) is 0 Å². The zero-order valence-corrected chi connectivity index (χ0v) is 8.22. The van der Waals surface area contributed by atoms with Crippen molar-refractivity contribution in [2.24, 2.45) is 5.92 Å². The molecular formula is C11H10F2O2. The van der Waals surface area contributed by atoms with Crippen LogP contribution in [0.2, 0.25) is 0 Å². The van der Waals surface area contributed by atoms with E-state index >= 15 is 0 Å². The Labute approximate surface area is 85.9 Å². The van der Waals surface area contributed by atoms with Crippen molar-refractivity contribution in [3.8, 4) is 5.75 Å². The monoisotopic (exact) mass is 212 g/mol. The van der Waals surface area contributed by atoms with Crippen LogP contribution in [-0.2, 0) is 11.2 Å². The first-order valence-corrected chi connectivity index (χ1v) is 4.69. The molecule has 0 saturated heterocycles. The van der Waals surface area contributed by atoms with E-state index < -0.39 is 11.6 Å². The van der Waals surface area contributed by atoms with Gasteiger partial charge >= 0.3 is 0 Å². The highest BCUT2D eigenvalue weighted by Gasteiger charge is 2.26. The first-order chi connectivity index (χ1) is 7.08. The summed E-state index contributed by atoms with van der Waals surface area (Å²) < 4.78 is 31.2. The van der Waals surface area contributed by atoms with Crippen molar-refractivity contribution in [2.45, 2.75) is 13.3 Å². The largest absolute Gasteiger partial charge is 0.489 e. The third-order valence-corrected chi connectivity index (χ3v) is 2.56. The molecule has 0 N–H and O–H groups in total. The number of fused-ring (bicyclic) bond motifs is 1. The molecule has 1 heterocycles. The van der Waals surface area contributed by atoms with Gasteiger partial charge in [-0.25, -0.2) is 8.78 Å². The number of carbonyl (C=O) groups excluding carboxylic acids is 1. The Morgan fingerprint density at radius 3 is 2.87 bits per heavy atom. The lowest BCUT2D eigenvalue weighted by molar-refractivity contribution is -0.122. The van der Waals surface area contributed by atoms with Crippen LogP contribution >= 0.6 is 0 Å². The molecule has 1 unspecified atom stereocenters. The highest BCUT2D eigenvalue weighted by atomic mass is 19.1. The van der Waals surface area contributed by atoms with Gasteiger partial charge in [0, 0.05) is 11.6 Å². The second kappa shape index (κ2) is 3.61. The summed E-state index contributed by atoms with van der Waals surface area (Å²) in [6.07, 6.45) is 0.347. The molecule has 1 atom stereocenters. The molecule has 80 valence electrons. The Morgan fingerprint density at radius 1 is 1.47 bits per heavy atom. The number of ether oxygens (including phenoxy) is 1. The van der Waals surface area contributed by atoms with E-state index in [1.165, 1.54) is 13.0 Å². The van der Waals surface area contributed by atoms with Crippen molar-refractivity contribution in [2.75, 3.05) is 6.61 Å². The normalized spacial score (nSPS) is 19.3. The van der Waals surface area contributed by atoms with Crippen molar-refractivity contribution in [3.05, 3.63) is 29.3 Å². The minimum absolute atomic E-state index is 0.0229. The van der Waals surface area contributed by atoms with Crippen LogP contribution in [0.1, 0.15) is 12.5 Å². The summed E-state index contributed by atoms with van der Waals surface area (Å²) >= 11 is 0. The third kappa shape index (κ3) is 1.84. The summed E-state index contributed by atoms with van der Waals surface area (Å²) in [5.41, 5.74) is 0.430. The van der Waals surface area contributed by atoms with Crippen LogP contribution in [0.3, 0.4) is 0 Å². The van der Waals surface area contributed by atoms with Crippen LogP contribution in [0.15, 0.2) is 12.1 Å². The number of rotatable bonds is 1. The van der Waals surface area contributed by atoms with Gasteiger partial charge in [0.25, 0.3) is 0 Å². The van der Waals surface area contributed by atoms with Gasteiger partial charge in [-0.05, 0) is 19.4 Å². The number of halogens is 2. The maximum absolute atomic E-state index is 13.2. The zero-order chi connectivity index (χ0) is 11.0. The van der Waals surface area contributed by atoms with E-state index in [0.717, 1.165) is 6.07 Å². The number of hydrogen-bond donors (Lipinski definition) is 0. The first kappa shape index (κ1) is 10.1. The van der Waals surface area contributed by atoms with Crippen molar-refractivity contribution in [1.29, 1.82) is 0 Å². The fourth-order valence-electron chi connectivity index (χ4n) is 1.70. The summed E-state index contributed by atoms with van der Waals surface area (Å²) in [6.45, 7) is 1.62. The minimum atomic E-state index is -0.702. The molecule has 2 nitrogen and oxygen atoms in total. The molecule has 0 spiro atoms. The Balaban J connectivity index is 2.37. The highest BCUT2D eigenvalue weighted by molar-refractivity contribution is 5.79. The highest BCUT2D eigenvalue weighted by Crippen LogP contribution is 2.31. The fourth-order valence-corrected chi connectivity index (χ4v) is 1.70. The molecule has 0 aliphatic carbocycles. The lowest BCUT2D eigenvalue weighted by Gasteiger charge is -2.23. The van der Waals surface area contributed by atoms with E-state index in [2.05, 4.69) is 0 Å². The van der Waals surface area contributed by atoms with Crippen LogP contribution < -0.4 is 4.74 Å². The average Bonchev–Trinajstić information content (AvgIpc) is 2.16. The lowest BCUT2D eigenvalue weighted by Crippen LogP contribution is -2.27. The van der Waals surface area contributed by atoms with Crippen LogP contribution in [0, 0.1) is 17.6 Å². The second-order valence-electron chi connectivity index (χ2n) is 3.70. The maximum Gasteiger partial charge on any atom is 0.168 e. The Hall–Kier alpha value is -1.45. The van der Waals surface area contributed by atoms with Gasteiger partial charge < -0.3 is 4.74 Å². The van der Waals surface area contributed by atoms with Crippen LogP contribution in [0.5, 0.6) is 5.75 Å². The molecule has 0 amide bonds. The summed E-state index contributed by atoms with van der Waals surface area (Å²) in [5, 5.41) is 0. The number of Topliss-reactive ketones (excluding diaryl/α,β-unsaturated/α-hetero) is 1. The summed E-state index contributed by atoms with van der Waals surface area (Å²) in [4.78, 5) is 11.1. The standard InChI is InChI=1S/C11H10F2O2/c1-6(14)8-2-7-3-9(12)4-10(13)11(7)15-5-8/h3-4,8H,2,5H2,1H3. The van der Waals surface area contributed by atoms with E-state index in [-0.39, 0.29) is 24.1 Å². The smallest absolute Gasteiger partial charge is 0.168 e. The molecule has 0 saturated carbocycles. The Morgan fingerprint density at radius 2 is 2.20 bits per heavy atom. The van der Waals surface area contributed by atoms with Gasteiger partial charge in [0.05, 0.1) is 12.5 Å². The van der Waals surface area contributed by atoms with Crippen molar-refractivity contribution in [3.63, 3.8) is 0 Å². The predicted molar refractivity (Wildman–Crippen MR) is 49.7 cm³/mol. The van der Waals surface area contributed by atoms with Crippen LogP contribution in [0.4, 0.5) is 8.78 Å². The molecule has 0 radical (unpaired) electrons. The third-order valence-electron chi connectivity index (χ3n) is 2.56. The molecule has 1 aromatic rings. The van der Waals surface area contributed by atoms with Crippen molar-refractivity contribution in [1.82, 2.24) is 0 Å². The molecule has 0 aromatic heterocycles.